The number of hydrogen-bond donors (Lipinski definition) is 0. The lowest BCUT2D eigenvalue weighted by molar-refractivity contribution is -0.127. The second-order valence-electron chi connectivity index (χ2n) is 3.84. The summed E-state index contributed by atoms with van der Waals surface area (Å²) in [5.41, 5.74) is -0.319. The quantitative estimate of drug-likeness (QED) is 0.604. The van der Waals surface area contributed by atoms with Gasteiger partial charge in [-0.3, -0.25) is 0 Å². The van der Waals surface area contributed by atoms with Crippen molar-refractivity contribution in [2.45, 2.75) is 39.0 Å². The molecule has 0 bridgehead atoms. The molecule has 0 N–H and O–H groups in total. The minimum absolute atomic E-state index is 0.102. The number of carbonyl (C=O) groups excluding carboxylic acids is 2. The lowest BCUT2D eigenvalue weighted by Crippen LogP contribution is -2.33. The molecule has 2 heteroatoms. The third-order valence-corrected chi connectivity index (χ3v) is 3.13. The molecule has 2 nitrogen and oxygen atoms in total. The van der Waals surface area contributed by atoms with Crippen molar-refractivity contribution in [3.05, 3.63) is 0 Å². The molecule has 0 aromatic heterocycles. The Hall–Kier alpha value is -0.660. The predicted molar refractivity (Wildman–Crippen MR) is 46.8 cm³/mol. The van der Waals surface area contributed by atoms with Gasteiger partial charge >= 0.3 is 0 Å². The zero-order valence-corrected chi connectivity index (χ0v) is 7.58. The Morgan fingerprint density at radius 3 is 2.17 bits per heavy atom. The van der Waals surface area contributed by atoms with Gasteiger partial charge in [0.25, 0.3) is 0 Å². The predicted octanol–water partition coefficient (Wildman–Crippen LogP) is 1.97. The van der Waals surface area contributed by atoms with Gasteiger partial charge in [0.2, 0.25) is 0 Å². The lowest BCUT2D eigenvalue weighted by Gasteiger charge is -2.34. The SMILES string of the molecule is CC(C=O)C1(C=O)CCCCC1. The summed E-state index contributed by atoms with van der Waals surface area (Å²) in [4.78, 5) is 21.5. The van der Waals surface area contributed by atoms with Crippen molar-refractivity contribution in [3.8, 4) is 0 Å². The standard InChI is InChI=1S/C10H16O2/c1-9(7-11)10(8-12)5-3-2-4-6-10/h7-9H,2-6H2,1H3. The second kappa shape index (κ2) is 3.83. The summed E-state index contributed by atoms with van der Waals surface area (Å²) in [6.45, 7) is 1.85. The van der Waals surface area contributed by atoms with Gasteiger partial charge in [0.15, 0.2) is 0 Å². The Kier molecular flexibility index (Phi) is 3.01. The molecule has 0 amide bonds. The summed E-state index contributed by atoms with van der Waals surface area (Å²) in [5.74, 6) is -0.102. The third-order valence-electron chi connectivity index (χ3n) is 3.13. The Bertz CT molecular complexity index is 169. The lowest BCUT2D eigenvalue weighted by atomic mass is 9.68. The van der Waals surface area contributed by atoms with Crippen LogP contribution in [0.3, 0.4) is 0 Å². The van der Waals surface area contributed by atoms with E-state index in [2.05, 4.69) is 0 Å². The molecule has 1 rings (SSSR count). The zero-order valence-electron chi connectivity index (χ0n) is 7.58. The summed E-state index contributed by atoms with van der Waals surface area (Å²) >= 11 is 0. The van der Waals surface area contributed by atoms with Gasteiger partial charge in [-0.2, -0.15) is 0 Å². The smallest absolute Gasteiger partial charge is 0.126 e. The van der Waals surface area contributed by atoms with Crippen LogP contribution in [0.25, 0.3) is 0 Å². The molecule has 0 heterocycles. The van der Waals surface area contributed by atoms with Crippen LogP contribution in [0.1, 0.15) is 39.0 Å². The summed E-state index contributed by atoms with van der Waals surface area (Å²) in [7, 11) is 0. The van der Waals surface area contributed by atoms with Crippen molar-refractivity contribution in [1.29, 1.82) is 0 Å². The van der Waals surface area contributed by atoms with Crippen molar-refractivity contribution < 1.29 is 9.59 Å². The molecule has 0 aliphatic heterocycles. The fourth-order valence-corrected chi connectivity index (χ4v) is 2.03. The highest BCUT2D eigenvalue weighted by Crippen LogP contribution is 2.39. The first-order valence-corrected chi connectivity index (χ1v) is 4.67. The molecule has 0 aromatic carbocycles. The average Bonchev–Trinajstić information content (AvgIpc) is 2.17. The molecule has 1 atom stereocenters. The van der Waals surface area contributed by atoms with Gasteiger partial charge in [0.1, 0.15) is 12.6 Å². The molecule has 0 spiro atoms. The highest BCUT2D eigenvalue weighted by atomic mass is 16.1. The van der Waals surface area contributed by atoms with Crippen LogP contribution in [0.5, 0.6) is 0 Å². The summed E-state index contributed by atoms with van der Waals surface area (Å²) in [6.07, 6.45) is 7.12. The van der Waals surface area contributed by atoms with Crippen molar-refractivity contribution in [2.75, 3.05) is 0 Å². The van der Waals surface area contributed by atoms with Crippen LogP contribution in [0.4, 0.5) is 0 Å². The third kappa shape index (κ3) is 1.57. The van der Waals surface area contributed by atoms with Gasteiger partial charge in [0, 0.05) is 11.3 Å². The fourth-order valence-electron chi connectivity index (χ4n) is 2.03. The molecule has 1 aliphatic carbocycles. The maximum Gasteiger partial charge on any atom is 0.126 e. The maximum atomic E-state index is 10.9. The number of rotatable bonds is 3. The number of hydrogen-bond acceptors (Lipinski definition) is 2. The van der Waals surface area contributed by atoms with Gasteiger partial charge in [0.05, 0.1) is 0 Å². The Balaban J connectivity index is 2.71. The Labute approximate surface area is 73.3 Å². The maximum absolute atomic E-state index is 10.9. The second-order valence-corrected chi connectivity index (χ2v) is 3.84. The van der Waals surface area contributed by atoms with E-state index in [0.29, 0.717) is 0 Å². The van der Waals surface area contributed by atoms with Gasteiger partial charge in [-0.05, 0) is 12.8 Å². The van der Waals surface area contributed by atoms with Crippen LogP contribution in [0.2, 0.25) is 0 Å². The van der Waals surface area contributed by atoms with E-state index < -0.39 is 0 Å². The van der Waals surface area contributed by atoms with E-state index in [1.165, 1.54) is 6.42 Å². The van der Waals surface area contributed by atoms with Gasteiger partial charge in [-0.1, -0.05) is 26.2 Å². The van der Waals surface area contributed by atoms with Gasteiger partial charge < -0.3 is 9.59 Å². The summed E-state index contributed by atoms with van der Waals surface area (Å²) in [6, 6.07) is 0. The molecular formula is C10H16O2. The van der Waals surface area contributed by atoms with E-state index in [9.17, 15) is 9.59 Å². The van der Waals surface area contributed by atoms with E-state index in [4.69, 9.17) is 0 Å². The van der Waals surface area contributed by atoms with E-state index in [1.807, 2.05) is 6.92 Å². The highest BCUT2D eigenvalue weighted by molar-refractivity contribution is 5.68. The minimum Gasteiger partial charge on any atom is -0.303 e. The number of carbonyl (C=O) groups is 2. The van der Waals surface area contributed by atoms with E-state index >= 15 is 0 Å². The molecule has 12 heavy (non-hydrogen) atoms. The first-order valence-electron chi connectivity index (χ1n) is 4.67. The van der Waals surface area contributed by atoms with Crippen molar-refractivity contribution in [1.82, 2.24) is 0 Å². The molecule has 1 unspecified atom stereocenters. The highest BCUT2D eigenvalue weighted by Gasteiger charge is 2.36. The van der Waals surface area contributed by atoms with E-state index in [-0.39, 0.29) is 11.3 Å². The zero-order chi connectivity index (χ0) is 9.03. The minimum atomic E-state index is -0.319. The first kappa shape index (κ1) is 9.43. The molecule has 1 saturated carbocycles. The van der Waals surface area contributed by atoms with Crippen molar-refractivity contribution >= 4 is 12.6 Å². The van der Waals surface area contributed by atoms with Crippen LogP contribution >= 0.6 is 0 Å². The topological polar surface area (TPSA) is 34.1 Å². The molecule has 1 fully saturated rings. The summed E-state index contributed by atoms with van der Waals surface area (Å²) in [5, 5.41) is 0. The largest absolute Gasteiger partial charge is 0.303 e. The van der Waals surface area contributed by atoms with E-state index in [0.717, 1.165) is 38.3 Å². The van der Waals surface area contributed by atoms with Crippen molar-refractivity contribution in [3.63, 3.8) is 0 Å². The number of aldehydes is 2. The summed E-state index contributed by atoms with van der Waals surface area (Å²) < 4.78 is 0. The molecule has 68 valence electrons. The van der Waals surface area contributed by atoms with Gasteiger partial charge in [-0.15, -0.1) is 0 Å². The Morgan fingerprint density at radius 1 is 1.17 bits per heavy atom. The molecular weight excluding hydrogens is 152 g/mol. The van der Waals surface area contributed by atoms with Crippen LogP contribution in [0.15, 0.2) is 0 Å². The fraction of sp³-hybridized carbons (Fsp3) is 0.800. The van der Waals surface area contributed by atoms with Crippen LogP contribution in [0, 0.1) is 11.3 Å². The first-order chi connectivity index (χ1) is 5.75. The normalized spacial score (nSPS) is 24.4. The Morgan fingerprint density at radius 2 is 1.75 bits per heavy atom. The molecule has 0 saturated heterocycles. The molecule has 0 radical (unpaired) electrons. The molecule has 1 aliphatic rings. The van der Waals surface area contributed by atoms with Crippen LogP contribution in [-0.2, 0) is 9.59 Å². The average molecular weight is 168 g/mol. The van der Waals surface area contributed by atoms with Gasteiger partial charge in [-0.25, -0.2) is 0 Å². The molecule has 0 aromatic rings. The monoisotopic (exact) mass is 168 g/mol. The van der Waals surface area contributed by atoms with Crippen LogP contribution in [-0.4, -0.2) is 12.6 Å². The van der Waals surface area contributed by atoms with E-state index in [1.54, 1.807) is 0 Å². The van der Waals surface area contributed by atoms with Crippen molar-refractivity contribution in [2.24, 2.45) is 11.3 Å². The van der Waals surface area contributed by atoms with Crippen LogP contribution < -0.4 is 0 Å².